The van der Waals surface area contributed by atoms with Crippen molar-refractivity contribution in [3.05, 3.63) is 47.8 Å². The van der Waals surface area contributed by atoms with Crippen molar-refractivity contribution in [2.45, 2.75) is 39.0 Å². The molecule has 0 radical (unpaired) electrons. The minimum Gasteiger partial charge on any atom is -0.351 e. The van der Waals surface area contributed by atoms with Crippen molar-refractivity contribution < 1.29 is 4.79 Å². The summed E-state index contributed by atoms with van der Waals surface area (Å²) in [5.41, 5.74) is 2.35. The van der Waals surface area contributed by atoms with Gasteiger partial charge in [0, 0.05) is 6.54 Å². The van der Waals surface area contributed by atoms with Gasteiger partial charge in [0.2, 0.25) is 0 Å². The number of nitrogens with zero attached hydrogens (tertiary/aromatic N) is 3. The van der Waals surface area contributed by atoms with Gasteiger partial charge in [-0.3, -0.25) is 4.79 Å². The van der Waals surface area contributed by atoms with Crippen LogP contribution in [0.1, 0.15) is 48.3 Å². The number of rotatable bonds is 6. The van der Waals surface area contributed by atoms with Gasteiger partial charge in [-0.2, -0.15) is 5.10 Å². The van der Waals surface area contributed by atoms with Gasteiger partial charge >= 0.3 is 0 Å². The number of aryl methyl sites for hydroxylation is 1. The average Bonchev–Trinajstić information content (AvgIpc) is 2.85. The van der Waals surface area contributed by atoms with Crippen LogP contribution in [0, 0.1) is 6.92 Å². The minimum absolute atomic E-state index is 0.0553. The first-order valence-electron chi connectivity index (χ1n) is 9.37. The summed E-state index contributed by atoms with van der Waals surface area (Å²) < 4.78 is 1.72. The molecule has 3 rings (SSSR count). The molecular formula is C20H28N4O. The Morgan fingerprint density at radius 2 is 1.84 bits per heavy atom. The maximum atomic E-state index is 12.6. The lowest BCUT2D eigenvalue weighted by molar-refractivity contribution is 0.0944. The van der Waals surface area contributed by atoms with Crippen molar-refractivity contribution in [3.63, 3.8) is 0 Å². The van der Waals surface area contributed by atoms with Crippen LogP contribution in [-0.4, -0.2) is 46.8 Å². The first-order valence-corrected chi connectivity index (χ1v) is 9.37. The number of likely N-dealkylation sites (tertiary alicyclic amines) is 1. The molecular weight excluding hydrogens is 312 g/mol. The maximum Gasteiger partial charge on any atom is 0.270 e. The molecule has 0 aliphatic carbocycles. The number of para-hydroxylation sites is 1. The van der Waals surface area contributed by atoms with Crippen LogP contribution < -0.4 is 5.32 Å². The first-order chi connectivity index (χ1) is 12.2. The summed E-state index contributed by atoms with van der Waals surface area (Å²) in [4.78, 5) is 15.1. The number of hydrogen-bond acceptors (Lipinski definition) is 3. The summed E-state index contributed by atoms with van der Waals surface area (Å²) in [6, 6.07) is 11.6. The van der Waals surface area contributed by atoms with Gasteiger partial charge in [0.15, 0.2) is 0 Å². The molecule has 1 aromatic carbocycles. The molecule has 5 nitrogen and oxygen atoms in total. The monoisotopic (exact) mass is 340 g/mol. The standard InChI is InChI=1S/C20H28N4O/c1-17-16-19(24(22-17)18-10-5-4-6-11-18)20(25)21-12-9-15-23-13-7-2-3-8-14-23/h4-6,10-11,16H,2-3,7-9,12-15H2,1H3,(H,21,25). The van der Waals surface area contributed by atoms with Crippen LogP contribution >= 0.6 is 0 Å². The van der Waals surface area contributed by atoms with Gasteiger partial charge in [0.05, 0.1) is 11.4 Å². The molecule has 0 bridgehead atoms. The zero-order chi connectivity index (χ0) is 17.5. The van der Waals surface area contributed by atoms with Crippen molar-refractivity contribution in [2.24, 2.45) is 0 Å². The topological polar surface area (TPSA) is 50.2 Å². The molecule has 0 saturated carbocycles. The molecule has 1 aliphatic rings. The molecule has 1 aromatic heterocycles. The Balaban J connectivity index is 1.53. The summed E-state index contributed by atoms with van der Waals surface area (Å²) in [5.74, 6) is -0.0553. The fourth-order valence-corrected chi connectivity index (χ4v) is 3.38. The molecule has 1 saturated heterocycles. The second-order valence-electron chi connectivity index (χ2n) is 6.78. The van der Waals surface area contributed by atoms with Gasteiger partial charge < -0.3 is 10.2 Å². The lowest BCUT2D eigenvalue weighted by Crippen LogP contribution is -2.31. The molecule has 25 heavy (non-hydrogen) atoms. The van der Waals surface area contributed by atoms with Crippen molar-refractivity contribution in [3.8, 4) is 5.69 Å². The summed E-state index contributed by atoms with van der Waals surface area (Å²) >= 11 is 0. The van der Waals surface area contributed by atoms with Crippen LogP contribution in [0.25, 0.3) is 5.69 Å². The fourth-order valence-electron chi connectivity index (χ4n) is 3.38. The molecule has 5 heteroatoms. The number of benzene rings is 1. The smallest absolute Gasteiger partial charge is 0.270 e. The van der Waals surface area contributed by atoms with Crippen molar-refractivity contribution in [1.82, 2.24) is 20.0 Å². The first kappa shape index (κ1) is 17.7. The number of amides is 1. The third-order valence-electron chi connectivity index (χ3n) is 4.70. The van der Waals surface area contributed by atoms with Crippen molar-refractivity contribution in [2.75, 3.05) is 26.2 Å². The molecule has 2 heterocycles. The van der Waals surface area contributed by atoms with E-state index in [-0.39, 0.29) is 5.91 Å². The maximum absolute atomic E-state index is 12.6. The third kappa shape index (κ3) is 4.92. The number of carbonyl (C=O) groups excluding carboxylic acids is 1. The Bertz CT molecular complexity index is 672. The van der Waals surface area contributed by atoms with E-state index in [1.54, 1.807) is 4.68 Å². The SMILES string of the molecule is Cc1cc(C(=O)NCCCN2CCCCCC2)n(-c2ccccc2)n1. The Hall–Kier alpha value is -2.14. The van der Waals surface area contributed by atoms with E-state index in [2.05, 4.69) is 15.3 Å². The number of aromatic nitrogens is 2. The summed E-state index contributed by atoms with van der Waals surface area (Å²) in [5, 5.41) is 7.51. The minimum atomic E-state index is -0.0553. The zero-order valence-electron chi connectivity index (χ0n) is 15.1. The Kier molecular flexibility index (Phi) is 6.23. The molecule has 0 unspecified atom stereocenters. The molecule has 1 N–H and O–H groups in total. The largest absolute Gasteiger partial charge is 0.351 e. The zero-order valence-corrected chi connectivity index (χ0v) is 15.1. The summed E-state index contributed by atoms with van der Waals surface area (Å²) in [7, 11) is 0. The molecule has 1 aliphatic heterocycles. The quantitative estimate of drug-likeness (QED) is 0.822. The predicted octanol–water partition coefficient (Wildman–Crippen LogP) is 3.18. The van der Waals surface area contributed by atoms with Crippen LogP contribution in [0.3, 0.4) is 0 Å². The van der Waals surface area contributed by atoms with Crippen LogP contribution in [0.4, 0.5) is 0 Å². The predicted molar refractivity (Wildman–Crippen MR) is 100 cm³/mol. The van der Waals surface area contributed by atoms with Gasteiger partial charge in [-0.1, -0.05) is 31.0 Å². The highest BCUT2D eigenvalue weighted by Crippen LogP contribution is 2.12. The number of carbonyl (C=O) groups is 1. The molecule has 0 atom stereocenters. The molecule has 0 spiro atoms. The highest BCUT2D eigenvalue weighted by molar-refractivity contribution is 5.93. The Morgan fingerprint density at radius 3 is 2.56 bits per heavy atom. The third-order valence-corrected chi connectivity index (χ3v) is 4.70. The molecule has 1 fully saturated rings. The lowest BCUT2D eigenvalue weighted by atomic mass is 10.2. The van der Waals surface area contributed by atoms with Gasteiger partial charge in [-0.15, -0.1) is 0 Å². The fraction of sp³-hybridized carbons (Fsp3) is 0.500. The molecule has 2 aromatic rings. The van der Waals surface area contributed by atoms with Gasteiger partial charge in [-0.25, -0.2) is 4.68 Å². The van der Waals surface area contributed by atoms with E-state index in [0.717, 1.165) is 24.3 Å². The second kappa shape index (κ2) is 8.81. The van der Waals surface area contributed by atoms with E-state index >= 15 is 0 Å². The van der Waals surface area contributed by atoms with Crippen molar-refractivity contribution >= 4 is 5.91 Å². The van der Waals surface area contributed by atoms with Crippen LogP contribution in [-0.2, 0) is 0 Å². The van der Waals surface area contributed by atoms with E-state index in [9.17, 15) is 4.79 Å². The van der Waals surface area contributed by atoms with E-state index < -0.39 is 0 Å². The van der Waals surface area contributed by atoms with Crippen LogP contribution in [0.15, 0.2) is 36.4 Å². The van der Waals surface area contributed by atoms with Crippen molar-refractivity contribution in [1.29, 1.82) is 0 Å². The molecule has 134 valence electrons. The number of nitrogens with one attached hydrogen (secondary N) is 1. The van der Waals surface area contributed by atoms with Crippen LogP contribution in [0.5, 0.6) is 0 Å². The second-order valence-corrected chi connectivity index (χ2v) is 6.78. The highest BCUT2D eigenvalue weighted by atomic mass is 16.2. The van der Waals surface area contributed by atoms with Crippen LogP contribution in [0.2, 0.25) is 0 Å². The summed E-state index contributed by atoms with van der Waals surface area (Å²) in [6.45, 7) is 6.09. The van der Waals surface area contributed by atoms with E-state index in [0.29, 0.717) is 12.2 Å². The summed E-state index contributed by atoms with van der Waals surface area (Å²) in [6.07, 6.45) is 6.32. The molecule has 1 amide bonds. The Labute approximate surface area is 150 Å². The highest BCUT2D eigenvalue weighted by Gasteiger charge is 2.15. The Morgan fingerprint density at radius 1 is 1.12 bits per heavy atom. The average molecular weight is 340 g/mol. The van der Waals surface area contributed by atoms with Gasteiger partial charge in [0.1, 0.15) is 5.69 Å². The normalized spacial score (nSPS) is 15.7. The van der Waals surface area contributed by atoms with E-state index in [4.69, 9.17) is 0 Å². The lowest BCUT2D eigenvalue weighted by Gasteiger charge is -2.19. The van der Waals surface area contributed by atoms with Gasteiger partial charge in [-0.05, 0) is 64.0 Å². The van der Waals surface area contributed by atoms with Gasteiger partial charge in [0.25, 0.3) is 5.91 Å². The number of hydrogen-bond donors (Lipinski definition) is 1. The van der Waals surface area contributed by atoms with E-state index in [1.807, 2.05) is 43.3 Å². The van der Waals surface area contributed by atoms with E-state index in [1.165, 1.54) is 38.8 Å².